The van der Waals surface area contributed by atoms with Crippen molar-refractivity contribution in [1.82, 2.24) is 10.2 Å². The fourth-order valence-corrected chi connectivity index (χ4v) is 2.99. The SMILES string of the molecule is c1ccc(Cc2nnc(C(c3ccccc3)c3ccccc3)o2)cc1. The van der Waals surface area contributed by atoms with Gasteiger partial charge in [0.15, 0.2) is 0 Å². The minimum atomic E-state index is -0.0561. The van der Waals surface area contributed by atoms with E-state index in [9.17, 15) is 0 Å². The van der Waals surface area contributed by atoms with Gasteiger partial charge in [0.25, 0.3) is 0 Å². The lowest BCUT2D eigenvalue weighted by molar-refractivity contribution is 0.452. The standard InChI is InChI=1S/C22H18N2O/c1-4-10-17(11-5-1)16-20-23-24-22(25-20)21(18-12-6-2-7-13-18)19-14-8-3-9-15-19/h1-15,21H,16H2. The van der Waals surface area contributed by atoms with Crippen molar-refractivity contribution in [3.63, 3.8) is 0 Å². The summed E-state index contributed by atoms with van der Waals surface area (Å²) in [7, 11) is 0. The van der Waals surface area contributed by atoms with E-state index in [-0.39, 0.29) is 5.92 Å². The van der Waals surface area contributed by atoms with E-state index in [4.69, 9.17) is 4.42 Å². The van der Waals surface area contributed by atoms with Crippen molar-refractivity contribution in [3.8, 4) is 0 Å². The lowest BCUT2D eigenvalue weighted by atomic mass is 9.91. The highest BCUT2D eigenvalue weighted by molar-refractivity contribution is 5.37. The van der Waals surface area contributed by atoms with E-state index in [1.165, 1.54) is 0 Å². The lowest BCUT2D eigenvalue weighted by Crippen LogP contribution is -2.03. The Labute approximate surface area is 147 Å². The third-order valence-corrected chi connectivity index (χ3v) is 4.19. The Morgan fingerprint density at radius 2 is 1.16 bits per heavy atom. The Morgan fingerprint density at radius 1 is 0.640 bits per heavy atom. The van der Waals surface area contributed by atoms with Gasteiger partial charge < -0.3 is 4.42 Å². The second kappa shape index (κ2) is 7.14. The Morgan fingerprint density at radius 3 is 1.72 bits per heavy atom. The molecule has 0 N–H and O–H groups in total. The predicted octanol–water partition coefficient (Wildman–Crippen LogP) is 4.84. The maximum Gasteiger partial charge on any atom is 0.228 e. The first-order valence-electron chi connectivity index (χ1n) is 8.36. The molecule has 1 heterocycles. The summed E-state index contributed by atoms with van der Waals surface area (Å²) >= 11 is 0. The fraction of sp³-hybridized carbons (Fsp3) is 0.0909. The highest BCUT2D eigenvalue weighted by Gasteiger charge is 2.22. The second-order valence-electron chi connectivity index (χ2n) is 5.95. The Balaban J connectivity index is 1.69. The number of aromatic nitrogens is 2. The van der Waals surface area contributed by atoms with Crippen LogP contribution in [0.3, 0.4) is 0 Å². The summed E-state index contributed by atoms with van der Waals surface area (Å²) in [4.78, 5) is 0. The van der Waals surface area contributed by atoms with Crippen molar-refractivity contribution in [2.75, 3.05) is 0 Å². The molecule has 0 aliphatic carbocycles. The van der Waals surface area contributed by atoms with Crippen LogP contribution in [0.25, 0.3) is 0 Å². The molecule has 3 heteroatoms. The molecule has 3 aromatic carbocycles. The number of hydrogen-bond acceptors (Lipinski definition) is 3. The highest BCUT2D eigenvalue weighted by atomic mass is 16.4. The zero-order chi connectivity index (χ0) is 16.9. The van der Waals surface area contributed by atoms with Gasteiger partial charge in [-0.2, -0.15) is 0 Å². The van der Waals surface area contributed by atoms with Gasteiger partial charge >= 0.3 is 0 Å². The molecule has 3 nitrogen and oxygen atoms in total. The zero-order valence-electron chi connectivity index (χ0n) is 13.7. The topological polar surface area (TPSA) is 38.9 Å². The minimum absolute atomic E-state index is 0.0561. The monoisotopic (exact) mass is 326 g/mol. The first kappa shape index (κ1) is 15.3. The molecule has 0 aliphatic heterocycles. The van der Waals surface area contributed by atoms with Gasteiger partial charge in [0.05, 0.1) is 12.3 Å². The molecule has 0 aliphatic rings. The average Bonchev–Trinajstić information content (AvgIpc) is 3.12. The minimum Gasteiger partial charge on any atom is -0.424 e. The quantitative estimate of drug-likeness (QED) is 0.527. The molecule has 0 fully saturated rings. The van der Waals surface area contributed by atoms with Gasteiger partial charge in [-0.05, 0) is 16.7 Å². The smallest absolute Gasteiger partial charge is 0.228 e. The molecular weight excluding hydrogens is 308 g/mol. The van der Waals surface area contributed by atoms with Crippen molar-refractivity contribution in [1.29, 1.82) is 0 Å². The molecule has 0 atom stereocenters. The molecule has 0 bridgehead atoms. The van der Waals surface area contributed by atoms with Gasteiger partial charge in [-0.1, -0.05) is 91.0 Å². The molecule has 25 heavy (non-hydrogen) atoms. The van der Waals surface area contributed by atoms with Crippen molar-refractivity contribution in [3.05, 3.63) is 119 Å². The second-order valence-corrected chi connectivity index (χ2v) is 5.95. The zero-order valence-corrected chi connectivity index (χ0v) is 13.7. The first-order valence-corrected chi connectivity index (χ1v) is 8.36. The molecule has 0 spiro atoms. The van der Waals surface area contributed by atoms with Crippen LogP contribution in [0.1, 0.15) is 34.4 Å². The predicted molar refractivity (Wildman–Crippen MR) is 97.4 cm³/mol. The summed E-state index contributed by atoms with van der Waals surface area (Å²) in [5.74, 6) is 1.21. The van der Waals surface area contributed by atoms with Gasteiger partial charge in [0.2, 0.25) is 11.8 Å². The van der Waals surface area contributed by atoms with Gasteiger partial charge in [-0.25, -0.2) is 0 Å². The van der Waals surface area contributed by atoms with E-state index in [2.05, 4.69) is 46.6 Å². The lowest BCUT2D eigenvalue weighted by Gasteiger charge is -2.13. The normalized spacial score (nSPS) is 10.9. The van der Waals surface area contributed by atoms with Crippen molar-refractivity contribution < 1.29 is 4.42 Å². The Hall–Kier alpha value is -3.20. The van der Waals surface area contributed by atoms with E-state index >= 15 is 0 Å². The molecule has 4 rings (SSSR count). The number of nitrogens with zero attached hydrogens (tertiary/aromatic N) is 2. The summed E-state index contributed by atoms with van der Waals surface area (Å²) in [5, 5.41) is 8.62. The Bertz CT molecular complexity index is 878. The van der Waals surface area contributed by atoms with E-state index in [0.717, 1.165) is 16.7 Å². The van der Waals surface area contributed by atoms with Crippen molar-refractivity contribution in [2.45, 2.75) is 12.3 Å². The fourth-order valence-electron chi connectivity index (χ4n) is 2.99. The van der Waals surface area contributed by atoms with Crippen LogP contribution in [0, 0.1) is 0 Å². The van der Waals surface area contributed by atoms with Crippen molar-refractivity contribution >= 4 is 0 Å². The van der Waals surface area contributed by atoms with E-state index in [1.54, 1.807) is 0 Å². The van der Waals surface area contributed by atoms with Gasteiger partial charge in [0.1, 0.15) is 0 Å². The first-order chi connectivity index (χ1) is 12.4. The number of benzene rings is 3. The highest BCUT2D eigenvalue weighted by Crippen LogP contribution is 2.31. The van der Waals surface area contributed by atoms with Crippen LogP contribution in [-0.4, -0.2) is 10.2 Å². The third kappa shape index (κ3) is 3.50. The summed E-state index contributed by atoms with van der Waals surface area (Å²) in [5.41, 5.74) is 3.45. The maximum atomic E-state index is 6.04. The third-order valence-electron chi connectivity index (χ3n) is 4.19. The van der Waals surface area contributed by atoms with Crippen molar-refractivity contribution in [2.24, 2.45) is 0 Å². The number of hydrogen-bond donors (Lipinski definition) is 0. The van der Waals surface area contributed by atoms with E-state index < -0.39 is 0 Å². The van der Waals surface area contributed by atoms with Crippen LogP contribution >= 0.6 is 0 Å². The van der Waals surface area contributed by atoms with Crippen LogP contribution in [-0.2, 0) is 6.42 Å². The molecule has 1 aromatic heterocycles. The molecule has 122 valence electrons. The summed E-state index contributed by atoms with van der Waals surface area (Å²) in [6.07, 6.45) is 0.643. The molecule has 0 saturated heterocycles. The summed E-state index contributed by atoms with van der Waals surface area (Å²) < 4.78 is 6.04. The molecule has 0 amide bonds. The largest absolute Gasteiger partial charge is 0.424 e. The number of rotatable bonds is 5. The van der Waals surface area contributed by atoms with Crippen LogP contribution in [0.5, 0.6) is 0 Å². The maximum absolute atomic E-state index is 6.04. The van der Waals surface area contributed by atoms with Crippen LogP contribution in [0.2, 0.25) is 0 Å². The average molecular weight is 326 g/mol. The Kier molecular flexibility index (Phi) is 4.38. The van der Waals surface area contributed by atoms with Gasteiger partial charge in [0, 0.05) is 0 Å². The van der Waals surface area contributed by atoms with Crippen LogP contribution < -0.4 is 0 Å². The summed E-state index contributed by atoms with van der Waals surface area (Å²) in [6, 6.07) is 30.7. The van der Waals surface area contributed by atoms with Crippen LogP contribution in [0.4, 0.5) is 0 Å². The van der Waals surface area contributed by atoms with Gasteiger partial charge in [-0.3, -0.25) is 0 Å². The molecular formula is C22H18N2O. The summed E-state index contributed by atoms with van der Waals surface area (Å²) in [6.45, 7) is 0. The van der Waals surface area contributed by atoms with Gasteiger partial charge in [-0.15, -0.1) is 10.2 Å². The molecule has 0 radical (unpaired) electrons. The van der Waals surface area contributed by atoms with Crippen LogP contribution in [0.15, 0.2) is 95.4 Å². The molecule has 0 unspecified atom stereocenters. The van der Waals surface area contributed by atoms with E-state index in [0.29, 0.717) is 18.2 Å². The molecule has 4 aromatic rings. The van der Waals surface area contributed by atoms with E-state index in [1.807, 2.05) is 54.6 Å². The molecule has 0 saturated carbocycles.